The molecule has 0 radical (unpaired) electrons. The fourth-order valence-electron chi connectivity index (χ4n) is 4.39. The summed E-state index contributed by atoms with van der Waals surface area (Å²) in [4.78, 5) is 15.6. The van der Waals surface area contributed by atoms with E-state index in [4.69, 9.17) is 18.9 Å². The Bertz CT molecular complexity index is 1220. The molecule has 0 bridgehead atoms. The van der Waals surface area contributed by atoms with Gasteiger partial charge in [0.2, 0.25) is 5.89 Å². The summed E-state index contributed by atoms with van der Waals surface area (Å²) < 4.78 is 17.9. The molecule has 1 aromatic heterocycles. The van der Waals surface area contributed by atoms with E-state index < -0.39 is 12.6 Å². The number of ether oxygens (including phenoxy) is 2. The molecule has 0 unspecified atom stereocenters. The first-order valence-corrected chi connectivity index (χ1v) is 11.4. The Morgan fingerprint density at radius 3 is 2.40 bits per heavy atom. The van der Waals surface area contributed by atoms with E-state index >= 15 is 0 Å². The molecule has 1 atom stereocenters. The van der Waals surface area contributed by atoms with Crippen molar-refractivity contribution in [2.75, 3.05) is 6.61 Å². The maximum atomic E-state index is 10.8. The number of aliphatic carboxylic acids is 1. The average molecular weight is 477 g/mol. The van der Waals surface area contributed by atoms with Crippen LogP contribution in [0.5, 0.6) is 5.75 Å². The second-order valence-corrected chi connectivity index (χ2v) is 8.19. The normalized spacial score (nSPS) is 14.6. The first-order chi connectivity index (χ1) is 16.7. The molecular weight excluding hydrogens is 453 g/mol. The van der Waals surface area contributed by atoms with Crippen molar-refractivity contribution in [3.05, 3.63) is 95.9 Å². The van der Waals surface area contributed by atoms with Crippen LogP contribution in [0.15, 0.2) is 83.3 Å². The number of carboxylic acids is 1. The van der Waals surface area contributed by atoms with Gasteiger partial charge in [0.1, 0.15) is 24.7 Å². The monoisotopic (exact) mass is 477 g/mol. The Kier molecular flexibility index (Phi) is 8.42. The van der Waals surface area contributed by atoms with Gasteiger partial charge in [0.05, 0.1) is 12.1 Å². The molecule has 1 aliphatic rings. The molecule has 0 aliphatic heterocycles. The number of benzene rings is 3. The Balaban J connectivity index is 0.00000289. The van der Waals surface area contributed by atoms with Gasteiger partial charge in [-0.1, -0.05) is 72.8 Å². The van der Waals surface area contributed by atoms with Crippen LogP contribution in [0.25, 0.3) is 22.6 Å². The molecule has 6 nitrogen and oxygen atoms in total. The van der Waals surface area contributed by atoms with E-state index in [1.165, 1.54) is 0 Å². The second-order valence-electron chi connectivity index (χ2n) is 8.19. The van der Waals surface area contributed by atoms with Crippen molar-refractivity contribution < 1.29 is 53.3 Å². The molecule has 172 valence electrons. The van der Waals surface area contributed by atoms with Gasteiger partial charge in [0.25, 0.3) is 0 Å². The summed E-state index contributed by atoms with van der Waals surface area (Å²) in [6.45, 7) is -0.246. The standard InChI is InChI=1S/C28H25NO5.Na/c30-26(31)18-33-24-16-8-13-21-22(24)14-7-15-23(21)32-17-25-29-27(19-9-3-1-4-10-19)28(34-25)20-11-5-2-6-12-20;/h1-6,8-13,16,23H,7,14-15,17-18H2,(H,30,31);/q;+1/p-1/t23-;/m0./s1. The van der Waals surface area contributed by atoms with Gasteiger partial charge in [-0.25, -0.2) is 4.98 Å². The Morgan fingerprint density at radius 1 is 0.971 bits per heavy atom. The number of oxazole rings is 1. The molecule has 7 heteroatoms. The van der Waals surface area contributed by atoms with Crippen LogP contribution in [0.4, 0.5) is 0 Å². The fourth-order valence-corrected chi connectivity index (χ4v) is 4.39. The molecule has 1 aliphatic carbocycles. The second kappa shape index (κ2) is 11.7. The first-order valence-electron chi connectivity index (χ1n) is 11.4. The van der Waals surface area contributed by atoms with Crippen molar-refractivity contribution in [2.45, 2.75) is 32.0 Å². The van der Waals surface area contributed by atoms with Gasteiger partial charge in [0.15, 0.2) is 5.76 Å². The van der Waals surface area contributed by atoms with Crippen LogP contribution in [0.3, 0.4) is 0 Å². The zero-order valence-corrected chi connectivity index (χ0v) is 21.6. The number of fused-ring (bicyclic) bond motifs is 1. The number of carboxylic acid groups (broad SMARTS) is 1. The summed E-state index contributed by atoms with van der Waals surface area (Å²) in [6.07, 6.45) is 2.43. The molecule has 0 N–H and O–H groups in total. The molecule has 1 heterocycles. The topological polar surface area (TPSA) is 84.6 Å². The largest absolute Gasteiger partial charge is 1.00 e. The third-order valence-corrected chi connectivity index (χ3v) is 5.92. The van der Waals surface area contributed by atoms with E-state index in [0.717, 1.165) is 47.2 Å². The van der Waals surface area contributed by atoms with Gasteiger partial charge in [-0.3, -0.25) is 0 Å². The predicted molar refractivity (Wildman–Crippen MR) is 125 cm³/mol. The molecule has 3 aromatic carbocycles. The van der Waals surface area contributed by atoms with Crippen LogP contribution in [0, 0.1) is 0 Å². The van der Waals surface area contributed by atoms with E-state index in [-0.39, 0.29) is 42.3 Å². The maximum absolute atomic E-state index is 10.8. The maximum Gasteiger partial charge on any atom is 1.00 e. The van der Waals surface area contributed by atoms with Crippen molar-refractivity contribution in [2.24, 2.45) is 0 Å². The molecule has 0 fully saturated rings. The number of aromatic nitrogens is 1. The van der Waals surface area contributed by atoms with Crippen molar-refractivity contribution in [1.82, 2.24) is 4.98 Å². The van der Waals surface area contributed by atoms with Gasteiger partial charge in [-0.05, 0) is 36.5 Å². The number of hydrogen-bond acceptors (Lipinski definition) is 6. The zero-order chi connectivity index (χ0) is 23.3. The van der Waals surface area contributed by atoms with Crippen LogP contribution < -0.4 is 39.4 Å². The van der Waals surface area contributed by atoms with Crippen molar-refractivity contribution in [3.63, 3.8) is 0 Å². The molecule has 0 saturated carbocycles. The van der Waals surface area contributed by atoms with Gasteiger partial charge in [0, 0.05) is 11.1 Å². The molecule has 5 rings (SSSR count). The Morgan fingerprint density at radius 2 is 1.69 bits per heavy atom. The SMILES string of the molecule is O=C([O-])COc1cccc2c1CCC[C@@H]2OCc1nc(-c2ccccc2)c(-c2ccccc2)o1.[Na+]. The van der Waals surface area contributed by atoms with Crippen LogP contribution in [0.1, 0.15) is 36.0 Å². The van der Waals surface area contributed by atoms with Crippen molar-refractivity contribution in [3.8, 4) is 28.3 Å². The molecule has 0 spiro atoms. The van der Waals surface area contributed by atoms with E-state index in [0.29, 0.717) is 17.4 Å². The smallest absolute Gasteiger partial charge is 0.546 e. The summed E-state index contributed by atoms with van der Waals surface area (Å²) >= 11 is 0. The molecule has 4 aromatic rings. The summed E-state index contributed by atoms with van der Waals surface area (Å²) in [6, 6.07) is 25.5. The number of rotatable bonds is 8. The van der Waals surface area contributed by atoms with E-state index in [2.05, 4.69) is 0 Å². The number of carbonyl (C=O) groups is 1. The Hall–Kier alpha value is -2.90. The van der Waals surface area contributed by atoms with Crippen molar-refractivity contribution >= 4 is 5.97 Å². The average Bonchev–Trinajstić information content (AvgIpc) is 3.31. The summed E-state index contributed by atoms with van der Waals surface area (Å²) in [5.74, 6) is 0.555. The minimum Gasteiger partial charge on any atom is -0.546 e. The van der Waals surface area contributed by atoms with E-state index in [1.54, 1.807) is 6.07 Å². The predicted octanol–water partition coefficient (Wildman–Crippen LogP) is 1.74. The van der Waals surface area contributed by atoms with Gasteiger partial charge >= 0.3 is 29.6 Å². The zero-order valence-electron chi connectivity index (χ0n) is 19.6. The van der Waals surface area contributed by atoms with E-state index in [1.807, 2.05) is 72.8 Å². The number of carbonyl (C=O) groups excluding carboxylic acids is 1. The molecule has 35 heavy (non-hydrogen) atoms. The van der Waals surface area contributed by atoms with E-state index in [9.17, 15) is 9.90 Å². The minimum absolute atomic E-state index is 0. The minimum atomic E-state index is -1.24. The van der Waals surface area contributed by atoms with Gasteiger partial charge in [-0.2, -0.15) is 0 Å². The van der Waals surface area contributed by atoms with Gasteiger partial charge in [-0.15, -0.1) is 0 Å². The molecular formula is C28H24NNaO5. The van der Waals surface area contributed by atoms with Crippen LogP contribution in [-0.4, -0.2) is 17.6 Å². The summed E-state index contributed by atoms with van der Waals surface area (Å²) in [5.41, 5.74) is 4.72. The summed E-state index contributed by atoms with van der Waals surface area (Å²) in [7, 11) is 0. The number of hydrogen-bond donors (Lipinski definition) is 0. The number of nitrogens with zero attached hydrogens (tertiary/aromatic N) is 1. The summed E-state index contributed by atoms with van der Waals surface area (Å²) in [5, 5.41) is 10.8. The van der Waals surface area contributed by atoms with Gasteiger partial charge < -0.3 is 23.8 Å². The first kappa shape index (κ1) is 25.2. The van der Waals surface area contributed by atoms with Crippen molar-refractivity contribution in [1.29, 1.82) is 0 Å². The Labute approximate surface area is 226 Å². The van der Waals surface area contributed by atoms with Crippen LogP contribution >= 0.6 is 0 Å². The fraction of sp³-hybridized carbons (Fsp3) is 0.214. The van der Waals surface area contributed by atoms with Crippen LogP contribution in [-0.2, 0) is 22.6 Å². The quantitative estimate of drug-likeness (QED) is 0.360. The third-order valence-electron chi connectivity index (χ3n) is 5.92. The third kappa shape index (κ3) is 5.85. The van der Waals surface area contributed by atoms with Crippen LogP contribution in [0.2, 0.25) is 0 Å². The molecule has 0 amide bonds. The molecule has 0 saturated heterocycles.